The van der Waals surface area contributed by atoms with Crippen molar-refractivity contribution in [3.8, 4) is 0 Å². The molecule has 5 nitrogen and oxygen atoms in total. The third-order valence-electron chi connectivity index (χ3n) is 4.18. The molecule has 0 radical (unpaired) electrons. The Bertz CT molecular complexity index is 585. The molecular weight excluding hydrogens is 278 g/mol. The highest BCUT2D eigenvalue weighted by Crippen LogP contribution is 2.22. The van der Waals surface area contributed by atoms with Crippen LogP contribution in [0.1, 0.15) is 37.2 Å². The number of hydrogen-bond acceptors (Lipinski definition) is 5. The first-order valence-electron chi connectivity index (χ1n) is 7.98. The summed E-state index contributed by atoms with van der Waals surface area (Å²) in [5.41, 5.74) is 1.31. The largest absolute Gasteiger partial charge is 0.375 e. The number of aromatic nitrogens is 2. The van der Waals surface area contributed by atoms with Crippen LogP contribution in [0.2, 0.25) is 0 Å². The van der Waals surface area contributed by atoms with Crippen LogP contribution in [0.15, 0.2) is 34.9 Å². The van der Waals surface area contributed by atoms with E-state index in [4.69, 9.17) is 9.26 Å². The highest BCUT2D eigenvalue weighted by molar-refractivity contribution is 5.15. The molecule has 1 aliphatic rings. The third kappa shape index (κ3) is 3.54. The van der Waals surface area contributed by atoms with Crippen molar-refractivity contribution < 1.29 is 9.26 Å². The maximum Gasteiger partial charge on any atom is 0.243 e. The molecule has 5 heteroatoms. The first-order valence-corrected chi connectivity index (χ1v) is 7.98. The Labute approximate surface area is 131 Å². The molecule has 22 heavy (non-hydrogen) atoms. The average molecular weight is 301 g/mol. The zero-order valence-corrected chi connectivity index (χ0v) is 13.2. The average Bonchev–Trinajstić information content (AvgIpc) is 3.04. The van der Waals surface area contributed by atoms with Crippen molar-refractivity contribution in [2.24, 2.45) is 0 Å². The van der Waals surface area contributed by atoms with E-state index in [0.29, 0.717) is 5.89 Å². The van der Waals surface area contributed by atoms with Gasteiger partial charge in [-0.2, -0.15) is 4.98 Å². The minimum absolute atomic E-state index is 0.134. The first-order chi connectivity index (χ1) is 10.8. The summed E-state index contributed by atoms with van der Waals surface area (Å²) >= 11 is 0. The molecule has 1 fully saturated rings. The Hall–Kier alpha value is -1.72. The van der Waals surface area contributed by atoms with Gasteiger partial charge in [-0.15, -0.1) is 0 Å². The van der Waals surface area contributed by atoms with Crippen LogP contribution in [0, 0.1) is 0 Å². The highest BCUT2D eigenvalue weighted by atomic mass is 16.5. The predicted molar refractivity (Wildman–Crippen MR) is 83.6 cm³/mol. The Morgan fingerprint density at radius 3 is 2.86 bits per heavy atom. The van der Waals surface area contributed by atoms with Gasteiger partial charge in [0.25, 0.3) is 0 Å². The fourth-order valence-electron chi connectivity index (χ4n) is 2.83. The standard InChI is InChI=1S/C17H23N3O2/c1-3-16-18-17(22-19-16)13(2)20-9-10-21-15(12-20)11-14-7-5-4-6-8-14/h4-8,13,15H,3,9-12H2,1-2H3. The van der Waals surface area contributed by atoms with Crippen molar-refractivity contribution in [2.75, 3.05) is 19.7 Å². The van der Waals surface area contributed by atoms with E-state index in [1.165, 1.54) is 5.56 Å². The number of nitrogens with zero attached hydrogens (tertiary/aromatic N) is 3. The fraction of sp³-hybridized carbons (Fsp3) is 0.529. The summed E-state index contributed by atoms with van der Waals surface area (Å²) < 4.78 is 11.3. The molecule has 0 bridgehead atoms. The van der Waals surface area contributed by atoms with Gasteiger partial charge >= 0.3 is 0 Å². The van der Waals surface area contributed by atoms with Gasteiger partial charge < -0.3 is 9.26 Å². The van der Waals surface area contributed by atoms with Gasteiger partial charge in [0.15, 0.2) is 5.82 Å². The monoisotopic (exact) mass is 301 g/mol. The van der Waals surface area contributed by atoms with E-state index in [1.54, 1.807) is 0 Å². The molecule has 0 aliphatic carbocycles. The maximum atomic E-state index is 5.92. The zero-order valence-electron chi connectivity index (χ0n) is 13.2. The van der Waals surface area contributed by atoms with Crippen LogP contribution < -0.4 is 0 Å². The van der Waals surface area contributed by atoms with E-state index < -0.39 is 0 Å². The highest BCUT2D eigenvalue weighted by Gasteiger charge is 2.28. The molecule has 0 spiro atoms. The van der Waals surface area contributed by atoms with Gasteiger partial charge in [0, 0.05) is 19.5 Å². The molecule has 3 rings (SSSR count). The number of hydrogen-bond donors (Lipinski definition) is 0. The van der Waals surface area contributed by atoms with Crippen molar-refractivity contribution in [3.63, 3.8) is 0 Å². The summed E-state index contributed by atoms with van der Waals surface area (Å²) in [6.07, 6.45) is 1.96. The summed E-state index contributed by atoms with van der Waals surface area (Å²) in [7, 11) is 0. The Morgan fingerprint density at radius 2 is 2.14 bits per heavy atom. The van der Waals surface area contributed by atoms with E-state index in [1.807, 2.05) is 13.0 Å². The number of aryl methyl sites for hydroxylation is 1. The number of rotatable bonds is 5. The van der Waals surface area contributed by atoms with E-state index in [9.17, 15) is 0 Å². The lowest BCUT2D eigenvalue weighted by Gasteiger charge is -2.35. The molecule has 1 saturated heterocycles. The fourth-order valence-corrected chi connectivity index (χ4v) is 2.83. The van der Waals surface area contributed by atoms with Crippen molar-refractivity contribution in [1.82, 2.24) is 15.0 Å². The van der Waals surface area contributed by atoms with Crippen LogP contribution in [0.5, 0.6) is 0 Å². The molecule has 0 amide bonds. The first kappa shape index (κ1) is 15.2. The SMILES string of the molecule is CCc1noc(C(C)N2CCOC(Cc3ccccc3)C2)n1. The zero-order chi connectivity index (χ0) is 15.4. The predicted octanol–water partition coefficient (Wildman–Crippen LogP) is 2.64. The van der Waals surface area contributed by atoms with Gasteiger partial charge in [-0.3, -0.25) is 4.90 Å². The number of ether oxygens (including phenoxy) is 1. The van der Waals surface area contributed by atoms with E-state index in [2.05, 4.69) is 46.2 Å². The minimum Gasteiger partial charge on any atom is -0.375 e. The summed E-state index contributed by atoms with van der Waals surface area (Å²) in [5, 5.41) is 3.99. The van der Waals surface area contributed by atoms with Crippen molar-refractivity contribution in [2.45, 2.75) is 38.8 Å². The van der Waals surface area contributed by atoms with Crippen LogP contribution in [0.3, 0.4) is 0 Å². The van der Waals surface area contributed by atoms with Gasteiger partial charge in [0.05, 0.1) is 18.8 Å². The van der Waals surface area contributed by atoms with Crippen LogP contribution >= 0.6 is 0 Å². The summed E-state index contributed by atoms with van der Waals surface area (Å²) in [4.78, 5) is 6.82. The number of benzene rings is 1. The van der Waals surface area contributed by atoms with Crippen LogP contribution in [-0.4, -0.2) is 40.8 Å². The minimum atomic E-state index is 0.134. The van der Waals surface area contributed by atoms with Crippen LogP contribution in [-0.2, 0) is 17.6 Å². The molecule has 1 aromatic carbocycles. The molecular formula is C17H23N3O2. The smallest absolute Gasteiger partial charge is 0.243 e. The van der Waals surface area contributed by atoms with E-state index in [0.717, 1.165) is 38.4 Å². The van der Waals surface area contributed by atoms with Crippen LogP contribution in [0.4, 0.5) is 0 Å². The molecule has 2 heterocycles. The molecule has 0 N–H and O–H groups in total. The third-order valence-corrected chi connectivity index (χ3v) is 4.18. The van der Waals surface area contributed by atoms with Crippen LogP contribution in [0.25, 0.3) is 0 Å². The topological polar surface area (TPSA) is 51.4 Å². The lowest BCUT2D eigenvalue weighted by molar-refractivity contribution is -0.0444. The van der Waals surface area contributed by atoms with E-state index in [-0.39, 0.29) is 12.1 Å². The van der Waals surface area contributed by atoms with Gasteiger partial charge in [0.2, 0.25) is 5.89 Å². The van der Waals surface area contributed by atoms with Gasteiger partial charge in [-0.25, -0.2) is 0 Å². The Kier molecular flexibility index (Phi) is 4.85. The Balaban J connectivity index is 1.62. The van der Waals surface area contributed by atoms with Crippen molar-refractivity contribution >= 4 is 0 Å². The quantitative estimate of drug-likeness (QED) is 0.850. The molecule has 1 aliphatic heterocycles. The molecule has 2 unspecified atom stereocenters. The number of morpholine rings is 1. The molecule has 118 valence electrons. The summed E-state index contributed by atoms with van der Waals surface area (Å²) in [6.45, 7) is 6.69. The Morgan fingerprint density at radius 1 is 1.32 bits per heavy atom. The summed E-state index contributed by atoms with van der Waals surface area (Å²) in [5.74, 6) is 1.48. The van der Waals surface area contributed by atoms with Crippen molar-refractivity contribution in [1.29, 1.82) is 0 Å². The summed E-state index contributed by atoms with van der Waals surface area (Å²) in [6, 6.07) is 10.6. The lowest BCUT2D eigenvalue weighted by atomic mass is 10.1. The maximum absolute atomic E-state index is 5.92. The van der Waals surface area contributed by atoms with Gasteiger partial charge in [-0.05, 0) is 18.9 Å². The van der Waals surface area contributed by atoms with Gasteiger partial charge in [0.1, 0.15) is 0 Å². The second-order valence-corrected chi connectivity index (χ2v) is 5.76. The molecule has 2 aromatic rings. The van der Waals surface area contributed by atoms with Gasteiger partial charge in [-0.1, -0.05) is 42.4 Å². The molecule has 2 atom stereocenters. The second-order valence-electron chi connectivity index (χ2n) is 5.76. The lowest BCUT2D eigenvalue weighted by Crippen LogP contribution is -2.44. The molecule has 1 aromatic heterocycles. The van der Waals surface area contributed by atoms with Crippen molar-refractivity contribution in [3.05, 3.63) is 47.6 Å². The normalized spacial score (nSPS) is 20.9. The van der Waals surface area contributed by atoms with E-state index >= 15 is 0 Å². The molecule has 0 saturated carbocycles. The second kappa shape index (κ2) is 7.03.